The summed E-state index contributed by atoms with van der Waals surface area (Å²) in [7, 11) is 0. The number of nitrogens with zero attached hydrogens (tertiary/aromatic N) is 4. The lowest BCUT2D eigenvalue weighted by molar-refractivity contribution is 0.0805. The van der Waals surface area contributed by atoms with Gasteiger partial charge in [-0.2, -0.15) is 5.10 Å². The first-order chi connectivity index (χ1) is 16.1. The fraction of sp³-hybridized carbons (Fsp3) is 0.360. The second-order valence-corrected chi connectivity index (χ2v) is 8.46. The van der Waals surface area contributed by atoms with Gasteiger partial charge in [-0.3, -0.25) is 4.57 Å². The molecule has 1 aromatic heterocycles. The first-order valence-electron chi connectivity index (χ1n) is 11.3. The highest BCUT2D eigenvalue weighted by Gasteiger charge is 2.21. The SMILES string of the molecule is Cl.O=c1n(CCN2CCC(=C(c3ccc(F)cc3)c3ccc(F)cc3)CC2)nc2n1CCOC2. The molecule has 0 N–H and O–H groups in total. The van der Waals surface area contributed by atoms with Crippen molar-refractivity contribution in [2.24, 2.45) is 0 Å². The Morgan fingerprint density at radius 2 is 1.47 bits per heavy atom. The minimum atomic E-state index is -0.278. The van der Waals surface area contributed by atoms with Gasteiger partial charge in [-0.1, -0.05) is 29.8 Å². The number of likely N-dealkylation sites (tertiary alicyclic amines) is 1. The third-order valence-corrected chi connectivity index (χ3v) is 6.40. The van der Waals surface area contributed by atoms with E-state index in [0.29, 0.717) is 32.1 Å². The van der Waals surface area contributed by atoms with E-state index < -0.39 is 0 Å². The van der Waals surface area contributed by atoms with Crippen LogP contribution < -0.4 is 5.69 Å². The summed E-state index contributed by atoms with van der Waals surface area (Å²) in [6.45, 7) is 4.48. The Bertz CT molecular complexity index is 1160. The van der Waals surface area contributed by atoms with Gasteiger partial charge in [0.05, 0.1) is 19.7 Å². The predicted octanol–water partition coefficient (Wildman–Crippen LogP) is 3.87. The van der Waals surface area contributed by atoms with Gasteiger partial charge in [0.1, 0.15) is 18.2 Å². The van der Waals surface area contributed by atoms with Crippen LogP contribution in [0.3, 0.4) is 0 Å². The molecule has 0 spiro atoms. The lowest BCUT2D eigenvalue weighted by atomic mass is 9.88. The average Bonchev–Trinajstić information content (AvgIpc) is 3.17. The molecule has 6 nitrogen and oxygen atoms in total. The zero-order chi connectivity index (χ0) is 22.8. The van der Waals surface area contributed by atoms with Crippen molar-refractivity contribution in [1.29, 1.82) is 0 Å². The maximum absolute atomic E-state index is 13.5. The van der Waals surface area contributed by atoms with Gasteiger partial charge < -0.3 is 9.64 Å². The smallest absolute Gasteiger partial charge is 0.346 e. The molecule has 1 saturated heterocycles. The van der Waals surface area contributed by atoms with Crippen molar-refractivity contribution in [3.63, 3.8) is 0 Å². The van der Waals surface area contributed by atoms with Gasteiger partial charge in [-0.25, -0.2) is 18.3 Å². The fourth-order valence-electron chi connectivity index (χ4n) is 4.62. The average molecular weight is 489 g/mol. The zero-order valence-corrected chi connectivity index (χ0v) is 19.6. The lowest BCUT2D eigenvalue weighted by Gasteiger charge is -2.30. The molecule has 3 heterocycles. The number of fused-ring (bicyclic) bond motifs is 1. The molecule has 180 valence electrons. The van der Waals surface area contributed by atoms with E-state index >= 15 is 0 Å². The lowest BCUT2D eigenvalue weighted by Crippen LogP contribution is -2.36. The summed E-state index contributed by atoms with van der Waals surface area (Å²) < 4.78 is 35.7. The van der Waals surface area contributed by atoms with Gasteiger partial charge in [0.25, 0.3) is 0 Å². The number of ether oxygens (including phenoxy) is 1. The molecule has 34 heavy (non-hydrogen) atoms. The Morgan fingerprint density at radius 1 is 0.882 bits per heavy atom. The van der Waals surface area contributed by atoms with Crippen molar-refractivity contribution in [3.8, 4) is 0 Å². The summed E-state index contributed by atoms with van der Waals surface area (Å²) >= 11 is 0. The Hall–Kier alpha value is -2.81. The van der Waals surface area contributed by atoms with Crippen LogP contribution in [0.2, 0.25) is 0 Å². The third-order valence-electron chi connectivity index (χ3n) is 6.40. The number of benzene rings is 2. The summed E-state index contributed by atoms with van der Waals surface area (Å²) in [6.07, 6.45) is 1.71. The van der Waals surface area contributed by atoms with Crippen LogP contribution in [-0.4, -0.2) is 45.5 Å². The normalized spacial score (nSPS) is 16.1. The number of halogens is 3. The predicted molar refractivity (Wildman–Crippen MR) is 128 cm³/mol. The quantitative estimate of drug-likeness (QED) is 0.547. The fourth-order valence-corrected chi connectivity index (χ4v) is 4.62. The molecule has 0 radical (unpaired) electrons. The first-order valence-corrected chi connectivity index (χ1v) is 11.3. The van der Waals surface area contributed by atoms with E-state index in [1.165, 1.54) is 34.5 Å². The molecule has 0 unspecified atom stereocenters. The Kier molecular flexibility index (Phi) is 7.60. The van der Waals surface area contributed by atoms with Crippen molar-refractivity contribution in [3.05, 3.63) is 93.2 Å². The van der Waals surface area contributed by atoms with Gasteiger partial charge in [0.2, 0.25) is 0 Å². The van der Waals surface area contributed by atoms with Crippen LogP contribution in [0.4, 0.5) is 8.78 Å². The van der Waals surface area contributed by atoms with Crippen LogP contribution in [0, 0.1) is 11.6 Å². The molecule has 5 rings (SSSR count). The van der Waals surface area contributed by atoms with Crippen molar-refractivity contribution in [1.82, 2.24) is 19.2 Å². The summed E-state index contributed by atoms with van der Waals surface area (Å²) in [5.41, 5.74) is 4.12. The largest absolute Gasteiger partial charge is 0.372 e. The topological polar surface area (TPSA) is 52.3 Å². The summed E-state index contributed by atoms with van der Waals surface area (Å²) in [6, 6.07) is 13.0. The van der Waals surface area contributed by atoms with Crippen LogP contribution in [0.15, 0.2) is 58.9 Å². The van der Waals surface area contributed by atoms with Crippen LogP contribution in [0.1, 0.15) is 29.8 Å². The number of hydrogen-bond acceptors (Lipinski definition) is 4. The van der Waals surface area contributed by atoms with Gasteiger partial charge in [-0.05, 0) is 53.8 Å². The van der Waals surface area contributed by atoms with E-state index in [0.717, 1.165) is 49.2 Å². The molecule has 2 aliphatic rings. The van der Waals surface area contributed by atoms with E-state index in [2.05, 4.69) is 10.00 Å². The third kappa shape index (κ3) is 5.14. The van der Waals surface area contributed by atoms with Gasteiger partial charge >= 0.3 is 5.69 Å². The summed E-state index contributed by atoms with van der Waals surface area (Å²) in [4.78, 5) is 14.8. The molecule has 0 aliphatic carbocycles. The second-order valence-electron chi connectivity index (χ2n) is 8.46. The zero-order valence-electron chi connectivity index (χ0n) is 18.8. The minimum absolute atomic E-state index is 0. The van der Waals surface area contributed by atoms with Crippen LogP contribution in [-0.2, 0) is 24.4 Å². The van der Waals surface area contributed by atoms with Crippen molar-refractivity contribution in [2.75, 3.05) is 26.2 Å². The molecule has 3 aromatic rings. The molecule has 0 bridgehead atoms. The molecule has 2 aliphatic heterocycles. The van der Waals surface area contributed by atoms with Gasteiger partial charge in [-0.15, -0.1) is 12.4 Å². The Labute approximate surface area is 202 Å². The second kappa shape index (κ2) is 10.6. The number of piperidine rings is 1. The molecular weight excluding hydrogens is 462 g/mol. The van der Waals surface area contributed by atoms with Gasteiger partial charge in [0.15, 0.2) is 5.82 Å². The minimum Gasteiger partial charge on any atom is -0.372 e. The number of rotatable bonds is 5. The molecule has 1 fully saturated rings. The van der Waals surface area contributed by atoms with E-state index in [1.54, 1.807) is 28.8 Å². The molecule has 0 saturated carbocycles. The summed E-state index contributed by atoms with van der Waals surface area (Å²) in [5.74, 6) is 0.137. The van der Waals surface area contributed by atoms with E-state index in [-0.39, 0.29) is 29.7 Å². The maximum atomic E-state index is 13.5. The molecule has 0 amide bonds. The van der Waals surface area contributed by atoms with E-state index in [9.17, 15) is 13.6 Å². The highest BCUT2D eigenvalue weighted by molar-refractivity contribution is 5.85. The monoisotopic (exact) mass is 488 g/mol. The van der Waals surface area contributed by atoms with Crippen molar-refractivity contribution < 1.29 is 13.5 Å². The number of aromatic nitrogens is 3. The van der Waals surface area contributed by atoms with Crippen LogP contribution in [0.5, 0.6) is 0 Å². The first kappa shape index (κ1) is 24.3. The van der Waals surface area contributed by atoms with Crippen LogP contribution in [0.25, 0.3) is 5.57 Å². The molecular formula is C25H27ClF2N4O2. The molecule has 9 heteroatoms. The number of hydrogen-bond donors (Lipinski definition) is 0. The van der Waals surface area contributed by atoms with Crippen molar-refractivity contribution in [2.45, 2.75) is 32.5 Å². The highest BCUT2D eigenvalue weighted by atomic mass is 35.5. The highest BCUT2D eigenvalue weighted by Crippen LogP contribution is 2.32. The maximum Gasteiger partial charge on any atom is 0.346 e. The molecule has 2 aromatic carbocycles. The summed E-state index contributed by atoms with van der Waals surface area (Å²) in [5, 5.41) is 4.42. The van der Waals surface area contributed by atoms with E-state index in [1.807, 2.05) is 0 Å². The molecule has 0 atom stereocenters. The van der Waals surface area contributed by atoms with Crippen molar-refractivity contribution >= 4 is 18.0 Å². The Balaban J connectivity index is 0.00000274. The van der Waals surface area contributed by atoms with E-state index in [4.69, 9.17) is 4.74 Å². The standard InChI is InChI=1S/C25H26F2N4O2.ClH/c26-21-5-1-18(2-6-21)24(19-3-7-22(27)8-4-19)20-9-11-29(12-10-20)13-14-31-25(32)30-15-16-33-17-23(30)28-31;/h1-8H,9-17H2;1H. The van der Waals surface area contributed by atoms with Crippen LogP contribution >= 0.6 is 12.4 Å². The Morgan fingerprint density at radius 3 is 2.03 bits per heavy atom. The van der Waals surface area contributed by atoms with Gasteiger partial charge in [0, 0.05) is 19.6 Å².